The molecule has 104 valence electrons. The summed E-state index contributed by atoms with van der Waals surface area (Å²) in [6.07, 6.45) is 0. The number of nitrogens with two attached hydrogens (primary N) is 1. The van der Waals surface area contributed by atoms with Gasteiger partial charge in [-0.3, -0.25) is 0 Å². The fourth-order valence-corrected chi connectivity index (χ4v) is 1.95. The normalized spacial score (nSPS) is 10.1. The maximum atomic E-state index is 11.8. The molecule has 0 radical (unpaired) electrons. The summed E-state index contributed by atoms with van der Waals surface area (Å²) in [5.41, 5.74) is 9.58. The number of hydrogen-bond donors (Lipinski definition) is 3. The Kier molecular flexibility index (Phi) is 4.74. The van der Waals surface area contributed by atoms with E-state index in [0.717, 1.165) is 22.4 Å². The third-order valence-electron chi connectivity index (χ3n) is 2.96. The molecule has 0 saturated carbocycles. The number of benzene rings is 2. The topological polar surface area (TPSA) is 67.2 Å². The summed E-state index contributed by atoms with van der Waals surface area (Å²) in [6, 6.07) is 15.3. The number of anilines is 1. The Labute approximate surface area is 119 Å². The average Bonchev–Trinajstić information content (AvgIpc) is 2.45. The number of carbonyl (C=O) groups is 1. The predicted octanol–water partition coefficient (Wildman–Crippen LogP) is 2.78. The summed E-state index contributed by atoms with van der Waals surface area (Å²) in [6.45, 7) is 2.97. The first-order chi connectivity index (χ1) is 9.67. The highest BCUT2D eigenvalue weighted by atomic mass is 16.2. The van der Waals surface area contributed by atoms with Crippen molar-refractivity contribution < 1.29 is 4.79 Å². The molecule has 0 aliphatic rings. The summed E-state index contributed by atoms with van der Waals surface area (Å²) in [5, 5.41) is 5.63. The predicted molar refractivity (Wildman–Crippen MR) is 81.4 cm³/mol. The molecule has 4 nitrogen and oxygen atoms in total. The van der Waals surface area contributed by atoms with Crippen LogP contribution in [-0.2, 0) is 13.1 Å². The molecule has 2 aromatic carbocycles. The SMILES string of the molecule is Cc1cccc(NC(=O)NCc2cccc(CN)c2)c1. The van der Waals surface area contributed by atoms with Crippen LogP contribution in [0.5, 0.6) is 0 Å². The summed E-state index contributed by atoms with van der Waals surface area (Å²) >= 11 is 0. The third kappa shape index (κ3) is 4.10. The van der Waals surface area contributed by atoms with Crippen molar-refractivity contribution in [2.45, 2.75) is 20.0 Å². The minimum atomic E-state index is -0.214. The van der Waals surface area contributed by atoms with Gasteiger partial charge in [0, 0.05) is 18.8 Å². The number of rotatable bonds is 4. The molecule has 2 rings (SSSR count). The number of amides is 2. The Hall–Kier alpha value is -2.33. The van der Waals surface area contributed by atoms with Gasteiger partial charge in [0.05, 0.1) is 0 Å². The monoisotopic (exact) mass is 269 g/mol. The van der Waals surface area contributed by atoms with Gasteiger partial charge in [-0.05, 0) is 35.7 Å². The van der Waals surface area contributed by atoms with Crippen LogP contribution in [0.1, 0.15) is 16.7 Å². The van der Waals surface area contributed by atoms with Crippen LogP contribution in [0.15, 0.2) is 48.5 Å². The van der Waals surface area contributed by atoms with Crippen LogP contribution in [0, 0.1) is 6.92 Å². The Bertz CT molecular complexity index is 596. The van der Waals surface area contributed by atoms with Gasteiger partial charge in [0.2, 0.25) is 0 Å². The molecule has 2 amide bonds. The lowest BCUT2D eigenvalue weighted by Gasteiger charge is -2.09. The molecule has 0 saturated heterocycles. The van der Waals surface area contributed by atoms with E-state index in [-0.39, 0.29) is 6.03 Å². The van der Waals surface area contributed by atoms with Crippen LogP contribution >= 0.6 is 0 Å². The van der Waals surface area contributed by atoms with E-state index in [9.17, 15) is 4.79 Å². The van der Waals surface area contributed by atoms with E-state index in [0.29, 0.717) is 13.1 Å². The van der Waals surface area contributed by atoms with Crippen LogP contribution < -0.4 is 16.4 Å². The Morgan fingerprint density at radius 1 is 1.10 bits per heavy atom. The number of hydrogen-bond acceptors (Lipinski definition) is 2. The zero-order valence-electron chi connectivity index (χ0n) is 11.5. The molecule has 0 aliphatic heterocycles. The van der Waals surface area contributed by atoms with Gasteiger partial charge < -0.3 is 16.4 Å². The fraction of sp³-hybridized carbons (Fsp3) is 0.188. The van der Waals surface area contributed by atoms with Gasteiger partial charge in [-0.15, -0.1) is 0 Å². The highest BCUT2D eigenvalue weighted by Gasteiger charge is 2.02. The van der Waals surface area contributed by atoms with Crippen molar-refractivity contribution in [3.8, 4) is 0 Å². The maximum absolute atomic E-state index is 11.8. The Morgan fingerprint density at radius 3 is 2.60 bits per heavy atom. The lowest BCUT2D eigenvalue weighted by molar-refractivity contribution is 0.251. The Balaban J connectivity index is 1.88. The second kappa shape index (κ2) is 6.73. The highest BCUT2D eigenvalue weighted by molar-refractivity contribution is 5.89. The fourth-order valence-electron chi connectivity index (χ4n) is 1.95. The van der Waals surface area contributed by atoms with Crippen molar-refractivity contribution in [3.63, 3.8) is 0 Å². The molecule has 20 heavy (non-hydrogen) atoms. The molecular formula is C16H19N3O. The van der Waals surface area contributed by atoms with Gasteiger partial charge in [0.1, 0.15) is 0 Å². The van der Waals surface area contributed by atoms with E-state index in [1.807, 2.05) is 55.5 Å². The molecule has 0 aromatic heterocycles. The summed E-state index contributed by atoms with van der Waals surface area (Å²) in [5.74, 6) is 0. The average molecular weight is 269 g/mol. The maximum Gasteiger partial charge on any atom is 0.319 e. The van der Waals surface area contributed by atoms with Gasteiger partial charge >= 0.3 is 6.03 Å². The van der Waals surface area contributed by atoms with Crippen LogP contribution in [0.3, 0.4) is 0 Å². The lowest BCUT2D eigenvalue weighted by atomic mass is 10.1. The van der Waals surface area contributed by atoms with E-state index < -0.39 is 0 Å². The standard InChI is InChI=1S/C16H19N3O/c1-12-4-2-7-15(8-12)19-16(20)18-11-14-6-3-5-13(9-14)10-17/h2-9H,10-11,17H2,1H3,(H2,18,19,20). The molecule has 2 aromatic rings. The summed E-state index contributed by atoms with van der Waals surface area (Å²) < 4.78 is 0. The second-order valence-corrected chi connectivity index (χ2v) is 4.70. The van der Waals surface area contributed by atoms with Gasteiger partial charge in [-0.2, -0.15) is 0 Å². The molecule has 0 unspecified atom stereocenters. The lowest BCUT2D eigenvalue weighted by Crippen LogP contribution is -2.28. The summed E-state index contributed by atoms with van der Waals surface area (Å²) in [7, 11) is 0. The molecule has 0 atom stereocenters. The van der Waals surface area contributed by atoms with Crippen LogP contribution in [-0.4, -0.2) is 6.03 Å². The number of urea groups is 1. The minimum absolute atomic E-state index is 0.214. The molecule has 4 heteroatoms. The van der Waals surface area contributed by atoms with E-state index >= 15 is 0 Å². The van der Waals surface area contributed by atoms with Crippen molar-refractivity contribution in [1.29, 1.82) is 0 Å². The second-order valence-electron chi connectivity index (χ2n) is 4.70. The quantitative estimate of drug-likeness (QED) is 0.799. The van der Waals surface area contributed by atoms with Gasteiger partial charge in [-0.1, -0.05) is 36.4 Å². The largest absolute Gasteiger partial charge is 0.334 e. The highest BCUT2D eigenvalue weighted by Crippen LogP contribution is 2.09. The number of nitrogens with one attached hydrogen (secondary N) is 2. The van der Waals surface area contributed by atoms with E-state index in [1.54, 1.807) is 0 Å². The van der Waals surface area contributed by atoms with Crippen LogP contribution in [0.4, 0.5) is 10.5 Å². The van der Waals surface area contributed by atoms with Crippen LogP contribution in [0.2, 0.25) is 0 Å². The minimum Gasteiger partial charge on any atom is -0.334 e. The van der Waals surface area contributed by atoms with E-state index in [2.05, 4.69) is 10.6 Å². The smallest absolute Gasteiger partial charge is 0.319 e. The van der Waals surface area contributed by atoms with Crippen molar-refractivity contribution in [2.75, 3.05) is 5.32 Å². The number of aryl methyl sites for hydroxylation is 1. The van der Waals surface area contributed by atoms with Gasteiger partial charge in [0.25, 0.3) is 0 Å². The zero-order chi connectivity index (χ0) is 14.4. The van der Waals surface area contributed by atoms with Gasteiger partial charge in [0.15, 0.2) is 0 Å². The molecule has 4 N–H and O–H groups in total. The molecule has 0 fully saturated rings. The molecule has 0 spiro atoms. The molecule has 0 aliphatic carbocycles. The van der Waals surface area contributed by atoms with Crippen molar-refractivity contribution in [1.82, 2.24) is 5.32 Å². The van der Waals surface area contributed by atoms with Gasteiger partial charge in [-0.25, -0.2) is 4.79 Å². The number of carbonyl (C=O) groups excluding carboxylic acids is 1. The molecule has 0 bridgehead atoms. The third-order valence-corrected chi connectivity index (χ3v) is 2.96. The van der Waals surface area contributed by atoms with Crippen molar-refractivity contribution >= 4 is 11.7 Å². The van der Waals surface area contributed by atoms with Crippen molar-refractivity contribution in [3.05, 3.63) is 65.2 Å². The zero-order valence-corrected chi connectivity index (χ0v) is 11.5. The first-order valence-corrected chi connectivity index (χ1v) is 6.57. The Morgan fingerprint density at radius 2 is 1.85 bits per heavy atom. The first kappa shape index (κ1) is 14.1. The van der Waals surface area contributed by atoms with E-state index in [1.165, 1.54) is 0 Å². The van der Waals surface area contributed by atoms with Crippen LogP contribution in [0.25, 0.3) is 0 Å². The molecule has 0 heterocycles. The first-order valence-electron chi connectivity index (χ1n) is 6.57. The van der Waals surface area contributed by atoms with Crippen molar-refractivity contribution in [2.24, 2.45) is 5.73 Å². The summed E-state index contributed by atoms with van der Waals surface area (Å²) in [4.78, 5) is 11.8. The molecular weight excluding hydrogens is 250 g/mol. The van der Waals surface area contributed by atoms with E-state index in [4.69, 9.17) is 5.73 Å².